The maximum Gasteiger partial charge on any atom is 0.193 e. The molecule has 0 spiro atoms. The molecule has 0 aliphatic heterocycles. The van der Waals surface area contributed by atoms with Gasteiger partial charge in [0.05, 0.1) is 7.11 Å². The van der Waals surface area contributed by atoms with E-state index in [0.29, 0.717) is 11.5 Å². The van der Waals surface area contributed by atoms with E-state index in [0.717, 1.165) is 5.56 Å². The fraction of sp³-hybridized carbons (Fsp3) is 0.286. The van der Waals surface area contributed by atoms with Crippen LogP contribution in [0.2, 0.25) is 0 Å². The number of hydrogen-bond acceptors (Lipinski definition) is 4. The average Bonchev–Trinajstić information content (AvgIpc) is 2.61. The highest BCUT2D eigenvalue weighted by Gasteiger charge is 2.23. The lowest BCUT2D eigenvalue weighted by atomic mass is 9.98. The van der Waals surface area contributed by atoms with Crippen molar-refractivity contribution in [3.8, 4) is 17.2 Å². The molecule has 4 nitrogen and oxygen atoms in total. The number of ether oxygens (including phenoxy) is 1. The number of rotatable bonds is 5. The number of phenols is 2. The number of aromatic hydroxyl groups is 2. The van der Waals surface area contributed by atoms with E-state index in [9.17, 15) is 15.0 Å². The summed E-state index contributed by atoms with van der Waals surface area (Å²) in [7, 11) is 1.40. The molecule has 132 valence electrons. The molecule has 0 radical (unpaired) electrons. The largest absolute Gasteiger partial charge is 0.507 e. The molecule has 0 atom stereocenters. The van der Waals surface area contributed by atoms with Crippen LogP contribution in [-0.2, 0) is 0 Å². The number of phenolic OH excluding ortho intramolecular Hbond substituents is 2. The molecule has 0 aliphatic rings. The molecule has 0 amide bonds. The molecule has 0 aromatic heterocycles. The van der Waals surface area contributed by atoms with Crippen molar-refractivity contribution in [2.45, 2.75) is 33.6 Å². The molecule has 2 N–H and O–H groups in total. The Labute approximate surface area is 148 Å². The highest BCUT2D eigenvalue weighted by Crippen LogP contribution is 2.41. The summed E-state index contributed by atoms with van der Waals surface area (Å²) in [5.41, 5.74) is 2.87. The fourth-order valence-electron chi connectivity index (χ4n) is 2.71. The van der Waals surface area contributed by atoms with E-state index in [1.165, 1.54) is 18.7 Å². The Bertz CT molecular complexity index is 815. The average molecular weight is 340 g/mol. The van der Waals surface area contributed by atoms with E-state index < -0.39 is 0 Å². The van der Waals surface area contributed by atoms with Gasteiger partial charge in [-0.05, 0) is 37.0 Å². The molecule has 4 heteroatoms. The number of methoxy groups -OCH3 is 1. The first-order valence-corrected chi connectivity index (χ1v) is 8.19. The lowest BCUT2D eigenvalue weighted by molar-refractivity contribution is 0.104. The molecule has 2 rings (SSSR count). The van der Waals surface area contributed by atoms with Crippen LogP contribution < -0.4 is 4.74 Å². The van der Waals surface area contributed by atoms with Crippen molar-refractivity contribution in [2.75, 3.05) is 7.11 Å². The van der Waals surface area contributed by atoms with Gasteiger partial charge in [-0.25, -0.2) is 0 Å². The third kappa shape index (κ3) is 3.68. The van der Waals surface area contributed by atoms with Crippen molar-refractivity contribution in [1.82, 2.24) is 0 Å². The van der Waals surface area contributed by atoms with Crippen molar-refractivity contribution in [1.29, 1.82) is 0 Å². The van der Waals surface area contributed by atoms with E-state index in [4.69, 9.17) is 4.74 Å². The van der Waals surface area contributed by atoms with Crippen LogP contribution in [0, 0.1) is 13.8 Å². The lowest BCUT2D eigenvalue weighted by Gasteiger charge is -2.15. The van der Waals surface area contributed by atoms with Gasteiger partial charge in [0.2, 0.25) is 0 Å². The van der Waals surface area contributed by atoms with Crippen LogP contribution in [0.15, 0.2) is 30.3 Å². The Balaban J connectivity index is 2.38. The standard InChI is InChI=1S/C21H24O4/c1-12(2)16-9-6-15(7-10-16)8-11-17(22)18-20(24)13(3)19(23)14(4)21(18)25-5/h6-12,23-24H,1-5H3/b11-8+. The summed E-state index contributed by atoms with van der Waals surface area (Å²) in [5.74, 6) is -0.0772. The van der Waals surface area contributed by atoms with Crippen LogP contribution in [0.3, 0.4) is 0 Å². The van der Waals surface area contributed by atoms with Gasteiger partial charge in [0.1, 0.15) is 22.8 Å². The van der Waals surface area contributed by atoms with Crippen molar-refractivity contribution < 1.29 is 19.7 Å². The third-order valence-corrected chi connectivity index (χ3v) is 4.35. The molecule has 25 heavy (non-hydrogen) atoms. The van der Waals surface area contributed by atoms with Crippen molar-refractivity contribution in [2.24, 2.45) is 0 Å². The smallest absolute Gasteiger partial charge is 0.193 e. The Hall–Kier alpha value is -2.75. The van der Waals surface area contributed by atoms with Crippen LogP contribution >= 0.6 is 0 Å². The Kier molecular flexibility index (Phi) is 5.52. The van der Waals surface area contributed by atoms with E-state index in [-0.39, 0.29) is 34.2 Å². The molecule has 0 unspecified atom stereocenters. The molecule has 0 saturated carbocycles. The Morgan fingerprint density at radius 1 is 1.04 bits per heavy atom. The number of allylic oxidation sites excluding steroid dienone is 1. The van der Waals surface area contributed by atoms with Crippen molar-refractivity contribution in [3.05, 3.63) is 58.2 Å². The molecular weight excluding hydrogens is 316 g/mol. The Morgan fingerprint density at radius 3 is 2.16 bits per heavy atom. The van der Waals surface area contributed by atoms with Gasteiger partial charge >= 0.3 is 0 Å². The third-order valence-electron chi connectivity index (χ3n) is 4.35. The second-order valence-corrected chi connectivity index (χ2v) is 6.37. The highest BCUT2D eigenvalue weighted by molar-refractivity contribution is 6.11. The summed E-state index contributed by atoms with van der Waals surface area (Å²) in [6, 6.07) is 7.95. The van der Waals surface area contributed by atoms with Crippen LogP contribution in [0.1, 0.15) is 52.4 Å². The van der Waals surface area contributed by atoms with Crippen LogP contribution in [0.25, 0.3) is 6.08 Å². The summed E-state index contributed by atoms with van der Waals surface area (Å²) in [5, 5.41) is 20.3. The first-order valence-electron chi connectivity index (χ1n) is 8.19. The molecule has 0 aliphatic carbocycles. The minimum atomic E-state index is -0.381. The normalized spacial score (nSPS) is 11.3. The van der Waals surface area contributed by atoms with Crippen LogP contribution in [-0.4, -0.2) is 23.1 Å². The van der Waals surface area contributed by atoms with E-state index >= 15 is 0 Å². The minimum Gasteiger partial charge on any atom is -0.507 e. The lowest BCUT2D eigenvalue weighted by Crippen LogP contribution is -2.03. The first kappa shape index (κ1) is 18.6. The van der Waals surface area contributed by atoms with Crippen molar-refractivity contribution in [3.63, 3.8) is 0 Å². The summed E-state index contributed by atoms with van der Waals surface area (Å²) < 4.78 is 5.23. The zero-order chi connectivity index (χ0) is 18.7. The Morgan fingerprint density at radius 2 is 1.64 bits per heavy atom. The number of ketones is 1. The van der Waals surface area contributed by atoms with E-state index in [1.54, 1.807) is 19.9 Å². The molecule has 0 bridgehead atoms. The molecule has 2 aromatic carbocycles. The molecule has 2 aromatic rings. The van der Waals surface area contributed by atoms with Gasteiger partial charge in [-0.1, -0.05) is 44.2 Å². The van der Waals surface area contributed by atoms with Gasteiger partial charge in [-0.15, -0.1) is 0 Å². The number of hydrogen-bond donors (Lipinski definition) is 2. The van der Waals surface area contributed by atoms with Gasteiger partial charge in [0.15, 0.2) is 5.78 Å². The molecule has 0 saturated heterocycles. The fourth-order valence-corrected chi connectivity index (χ4v) is 2.71. The van der Waals surface area contributed by atoms with Gasteiger partial charge < -0.3 is 14.9 Å². The quantitative estimate of drug-likeness (QED) is 0.609. The zero-order valence-electron chi connectivity index (χ0n) is 15.3. The van der Waals surface area contributed by atoms with Gasteiger partial charge in [-0.3, -0.25) is 4.79 Å². The van der Waals surface area contributed by atoms with Gasteiger partial charge in [-0.2, -0.15) is 0 Å². The topological polar surface area (TPSA) is 66.8 Å². The van der Waals surface area contributed by atoms with Gasteiger partial charge in [0, 0.05) is 11.1 Å². The number of carbonyl (C=O) groups excluding carboxylic acids is 1. The summed E-state index contributed by atoms with van der Waals surface area (Å²) >= 11 is 0. The van der Waals surface area contributed by atoms with Crippen LogP contribution in [0.5, 0.6) is 17.2 Å². The summed E-state index contributed by atoms with van der Waals surface area (Å²) in [6.07, 6.45) is 3.10. The number of benzene rings is 2. The first-order chi connectivity index (χ1) is 11.8. The zero-order valence-corrected chi connectivity index (χ0v) is 15.3. The highest BCUT2D eigenvalue weighted by atomic mass is 16.5. The SMILES string of the molecule is COc1c(C)c(O)c(C)c(O)c1C(=O)/C=C/c1ccc(C(C)C)cc1. The summed E-state index contributed by atoms with van der Waals surface area (Å²) in [4.78, 5) is 12.6. The predicted molar refractivity (Wildman–Crippen MR) is 99.7 cm³/mol. The molecule has 0 fully saturated rings. The van der Waals surface area contributed by atoms with E-state index in [1.807, 2.05) is 24.3 Å². The second kappa shape index (κ2) is 7.43. The summed E-state index contributed by atoms with van der Waals surface area (Å²) in [6.45, 7) is 7.45. The predicted octanol–water partition coefficient (Wildman–Crippen LogP) is 4.74. The number of carbonyl (C=O) groups is 1. The van der Waals surface area contributed by atoms with Gasteiger partial charge in [0.25, 0.3) is 0 Å². The maximum atomic E-state index is 12.6. The molecular formula is C21H24O4. The van der Waals surface area contributed by atoms with Crippen LogP contribution in [0.4, 0.5) is 0 Å². The van der Waals surface area contributed by atoms with E-state index in [2.05, 4.69) is 13.8 Å². The van der Waals surface area contributed by atoms with Crippen molar-refractivity contribution >= 4 is 11.9 Å². The second-order valence-electron chi connectivity index (χ2n) is 6.37. The minimum absolute atomic E-state index is 0.0605. The maximum absolute atomic E-state index is 12.6. The molecule has 0 heterocycles. The monoisotopic (exact) mass is 340 g/mol.